The number of benzene rings is 2. The molecule has 2 aromatic carbocycles. The highest BCUT2D eigenvalue weighted by Gasteiger charge is 2.19. The van der Waals surface area contributed by atoms with Crippen LogP contribution in [0.1, 0.15) is 12.0 Å². The van der Waals surface area contributed by atoms with Crippen LogP contribution in [-0.2, 0) is 16.4 Å². The third-order valence-corrected chi connectivity index (χ3v) is 5.05. The van der Waals surface area contributed by atoms with Gasteiger partial charge in [0.15, 0.2) is 0 Å². The van der Waals surface area contributed by atoms with Crippen molar-refractivity contribution in [3.63, 3.8) is 0 Å². The van der Waals surface area contributed by atoms with Gasteiger partial charge in [-0.1, -0.05) is 12.1 Å². The summed E-state index contributed by atoms with van der Waals surface area (Å²) in [5, 5.41) is 0. The number of sulfonamides is 1. The van der Waals surface area contributed by atoms with Gasteiger partial charge in [-0.2, -0.15) is 0 Å². The van der Waals surface area contributed by atoms with Crippen LogP contribution < -0.4 is 9.62 Å². The molecule has 1 N–H and O–H groups in total. The third-order valence-electron chi connectivity index (χ3n) is 3.57. The predicted molar refractivity (Wildman–Crippen MR) is 90.6 cm³/mol. The van der Waals surface area contributed by atoms with E-state index in [-0.39, 0.29) is 6.54 Å². The molecule has 0 aromatic heterocycles. The molecule has 0 fully saturated rings. The molecular weight excluding hydrogens is 334 g/mol. The topological polar surface area (TPSA) is 49.4 Å². The van der Waals surface area contributed by atoms with Gasteiger partial charge in [-0.15, -0.1) is 0 Å². The molecule has 2 rings (SSSR count). The van der Waals surface area contributed by atoms with Gasteiger partial charge in [0, 0.05) is 26.3 Å². The van der Waals surface area contributed by atoms with Gasteiger partial charge >= 0.3 is 0 Å². The fraction of sp³-hybridized carbons (Fsp3) is 0.294. The molecule has 0 unspecified atom stereocenters. The normalized spacial score (nSPS) is 11.5. The van der Waals surface area contributed by atoms with E-state index < -0.39 is 26.6 Å². The van der Waals surface area contributed by atoms with Crippen molar-refractivity contribution in [1.29, 1.82) is 0 Å². The first-order valence-corrected chi connectivity index (χ1v) is 8.99. The van der Waals surface area contributed by atoms with E-state index in [0.717, 1.165) is 23.4 Å². The van der Waals surface area contributed by atoms with Gasteiger partial charge in [0.25, 0.3) is 0 Å². The number of halogens is 2. The first kappa shape index (κ1) is 18.4. The van der Waals surface area contributed by atoms with E-state index in [1.165, 1.54) is 0 Å². The van der Waals surface area contributed by atoms with Crippen molar-refractivity contribution in [2.75, 3.05) is 25.5 Å². The van der Waals surface area contributed by atoms with Crippen LogP contribution in [-0.4, -0.2) is 29.1 Å². The Morgan fingerprint density at radius 2 is 1.71 bits per heavy atom. The molecule has 0 radical (unpaired) electrons. The minimum absolute atomic E-state index is 0.147. The summed E-state index contributed by atoms with van der Waals surface area (Å²) in [4.78, 5) is 1.32. The average Bonchev–Trinajstić information content (AvgIpc) is 2.54. The van der Waals surface area contributed by atoms with E-state index in [0.29, 0.717) is 18.9 Å². The van der Waals surface area contributed by atoms with Crippen LogP contribution in [0.3, 0.4) is 0 Å². The maximum Gasteiger partial charge on any atom is 0.243 e. The molecule has 0 spiro atoms. The summed E-state index contributed by atoms with van der Waals surface area (Å²) >= 11 is 0. The summed E-state index contributed by atoms with van der Waals surface area (Å²) in [6, 6.07) is 10.3. The zero-order valence-electron chi connectivity index (χ0n) is 13.6. The smallest absolute Gasteiger partial charge is 0.243 e. The van der Waals surface area contributed by atoms with Crippen LogP contribution in [0, 0.1) is 11.6 Å². The van der Waals surface area contributed by atoms with Gasteiger partial charge < -0.3 is 4.90 Å². The monoisotopic (exact) mass is 354 g/mol. The SMILES string of the molecule is CN(C)c1ccc(CCCNS(=O)(=O)c2cc(F)ccc2F)cc1. The molecule has 0 bridgehead atoms. The zero-order valence-corrected chi connectivity index (χ0v) is 14.4. The number of anilines is 1. The zero-order chi connectivity index (χ0) is 17.7. The lowest BCUT2D eigenvalue weighted by atomic mass is 10.1. The Bertz CT molecular complexity index is 791. The molecule has 0 atom stereocenters. The molecule has 7 heteroatoms. The van der Waals surface area contributed by atoms with Crippen molar-refractivity contribution in [3.8, 4) is 0 Å². The summed E-state index contributed by atoms with van der Waals surface area (Å²) in [7, 11) is -0.150. The highest BCUT2D eigenvalue weighted by Crippen LogP contribution is 2.16. The Hall–Kier alpha value is -1.99. The molecule has 0 aliphatic rings. The van der Waals surface area contributed by atoms with E-state index >= 15 is 0 Å². The van der Waals surface area contributed by atoms with E-state index in [2.05, 4.69) is 4.72 Å². The average molecular weight is 354 g/mol. The summed E-state index contributed by atoms with van der Waals surface area (Å²) in [6.45, 7) is 0.147. The van der Waals surface area contributed by atoms with Crippen molar-refractivity contribution in [2.45, 2.75) is 17.7 Å². The molecule has 0 amide bonds. The maximum atomic E-state index is 13.6. The third kappa shape index (κ3) is 4.75. The van der Waals surface area contributed by atoms with Crippen LogP contribution in [0.5, 0.6) is 0 Å². The standard InChI is InChI=1S/C17H20F2N2O2S/c1-21(2)15-8-5-13(6-9-15)4-3-11-20-24(22,23)17-12-14(18)7-10-16(17)19/h5-10,12,20H,3-4,11H2,1-2H3. The molecular formula is C17H20F2N2O2S. The lowest BCUT2D eigenvalue weighted by Crippen LogP contribution is -2.26. The molecule has 0 saturated carbocycles. The van der Waals surface area contributed by atoms with Crippen LogP contribution in [0.25, 0.3) is 0 Å². The number of nitrogens with one attached hydrogen (secondary N) is 1. The summed E-state index contributed by atoms with van der Waals surface area (Å²) in [6.07, 6.45) is 1.24. The van der Waals surface area contributed by atoms with Crippen molar-refractivity contribution in [2.24, 2.45) is 0 Å². The molecule has 130 valence electrons. The first-order valence-electron chi connectivity index (χ1n) is 7.50. The summed E-state index contributed by atoms with van der Waals surface area (Å²) in [5.41, 5.74) is 2.16. The van der Waals surface area contributed by atoms with E-state index in [1.807, 2.05) is 43.3 Å². The fourth-order valence-electron chi connectivity index (χ4n) is 2.22. The number of aryl methyl sites for hydroxylation is 1. The van der Waals surface area contributed by atoms with Gasteiger partial charge in [0.2, 0.25) is 10.0 Å². The molecule has 0 heterocycles. The highest BCUT2D eigenvalue weighted by atomic mass is 32.2. The number of hydrogen-bond acceptors (Lipinski definition) is 3. The van der Waals surface area contributed by atoms with Gasteiger partial charge in [-0.25, -0.2) is 21.9 Å². The molecule has 24 heavy (non-hydrogen) atoms. The van der Waals surface area contributed by atoms with E-state index in [9.17, 15) is 17.2 Å². The number of nitrogens with zero attached hydrogens (tertiary/aromatic N) is 1. The molecule has 2 aromatic rings. The fourth-order valence-corrected chi connectivity index (χ4v) is 3.38. The minimum Gasteiger partial charge on any atom is -0.378 e. The van der Waals surface area contributed by atoms with Crippen LogP contribution >= 0.6 is 0 Å². The number of rotatable bonds is 7. The van der Waals surface area contributed by atoms with Crippen molar-refractivity contribution in [1.82, 2.24) is 4.72 Å². The van der Waals surface area contributed by atoms with Crippen molar-refractivity contribution >= 4 is 15.7 Å². The van der Waals surface area contributed by atoms with Gasteiger partial charge in [-0.05, 0) is 48.7 Å². The quantitative estimate of drug-likeness (QED) is 0.778. The molecule has 0 aliphatic heterocycles. The molecule has 0 aliphatic carbocycles. The Morgan fingerprint density at radius 1 is 1.04 bits per heavy atom. The van der Waals surface area contributed by atoms with Crippen molar-refractivity contribution in [3.05, 3.63) is 59.7 Å². The lowest BCUT2D eigenvalue weighted by Gasteiger charge is -2.12. The number of hydrogen-bond donors (Lipinski definition) is 1. The first-order chi connectivity index (χ1) is 11.3. The van der Waals surface area contributed by atoms with Crippen LogP contribution in [0.4, 0.5) is 14.5 Å². The Balaban J connectivity index is 1.90. The van der Waals surface area contributed by atoms with E-state index in [4.69, 9.17) is 0 Å². The molecule has 4 nitrogen and oxygen atoms in total. The molecule has 0 saturated heterocycles. The van der Waals surface area contributed by atoms with E-state index in [1.54, 1.807) is 0 Å². The highest BCUT2D eigenvalue weighted by molar-refractivity contribution is 7.89. The Labute approximate surface area is 141 Å². The van der Waals surface area contributed by atoms with Crippen LogP contribution in [0.2, 0.25) is 0 Å². The Kier molecular flexibility index (Phi) is 5.90. The second kappa shape index (κ2) is 7.72. The minimum atomic E-state index is -4.06. The van der Waals surface area contributed by atoms with Gasteiger partial charge in [0.1, 0.15) is 16.5 Å². The van der Waals surface area contributed by atoms with Crippen LogP contribution in [0.15, 0.2) is 47.4 Å². The second-order valence-corrected chi connectivity index (χ2v) is 7.37. The van der Waals surface area contributed by atoms with Gasteiger partial charge in [0.05, 0.1) is 0 Å². The predicted octanol–water partition coefficient (Wildman–Crippen LogP) is 2.94. The second-order valence-electron chi connectivity index (χ2n) is 5.64. The summed E-state index contributed by atoms with van der Waals surface area (Å²) < 4.78 is 53.0. The van der Waals surface area contributed by atoms with Gasteiger partial charge in [-0.3, -0.25) is 0 Å². The summed E-state index contributed by atoms with van der Waals surface area (Å²) in [5.74, 6) is -1.76. The lowest BCUT2D eigenvalue weighted by molar-refractivity contribution is 0.544. The maximum absolute atomic E-state index is 13.6. The largest absolute Gasteiger partial charge is 0.378 e. The Morgan fingerprint density at radius 3 is 2.33 bits per heavy atom. The van der Waals surface area contributed by atoms with Crippen molar-refractivity contribution < 1.29 is 17.2 Å².